The Hall–Kier alpha value is -1.87. The van der Waals surface area contributed by atoms with Gasteiger partial charge >= 0.3 is 0 Å². The van der Waals surface area contributed by atoms with Crippen molar-refractivity contribution in [2.75, 3.05) is 26.2 Å². The SMILES string of the molecule is Cc1cccc(F)c1OCC[N+]1(Cc2ccccc2)CCCCCC1. The van der Waals surface area contributed by atoms with E-state index in [1.807, 2.05) is 13.0 Å². The summed E-state index contributed by atoms with van der Waals surface area (Å²) in [6.07, 6.45) is 5.18. The summed E-state index contributed by atoms with van der Waals surface area (Å²) in [6.45, 7) is 6.82. The lowest BCUT2D eigenvalue weighted by Crippen LogP contribution is -2.50. The molecular weight excluding hydrogens is 313 g/mol. The van der Waals surface area contributed by atoms with Gasteiger partial charge in [0.2, 0.25) is 0 Å². The summed E-state index contributed by atoms with van der Waals surface area (Å²) in [4.78, 5) is 0. The Bertz CT molecular complexity index is 643. The Morgan fingerprint density at radius 1 is 0.920 bits per heavy atom. The lowest BCUT2D eigenvalue weighted by molar-refractivity contribution is -0.940. The first-order chi connectivity index (χ1) is 12.2. The van der Waals surface area contributed by atoms with Gasteiger partial charge in [-0.15, -0.1) is 0 Å². The van der Waals surface area contributed by atoms with E-state index in [0.717, 1.165) is 23.1 Å². The van der Waals surface area contributed by atoms with Gasteiger partial charge in [-0.25, -0.2) is 4.39 Å². The Morgan fingerprint density at radius 3 is 2.32 bits per heavy atom. The Labute approximate surface area is 150 Å². The quantitative estimate of drug-likeness (QED) is 0.663. The van der Waals surface area contributed by atoms with Crippen molar-refractivity contribution in [3.63, 3.8) is 0 Å². The molecule has 1 saturated heterocycles. The summed E-state index contributed by atoms with van der Waals surface area (Å²) in [5.41, 5.74) is 2.25. The van der Waals surface area contributed by atoms with Crippen LogP contribution in [0, 0.1) is 12.7 Å². The van der Waals surface area contributed by atoms with Gasteiger partial charge < -0.3 is 9.22 Å². The van der Waals surface area contributed by atoms with Crippen LogP contribution in [0.25, 0.3) is 0 Å². The van der Waals surface area contributed by atoms with Crippen molar-refractivity contribution in [2.24, 2.45) is 0 Å². The van der Waals surface area contributed by atoms with Crippen molar-refractivity contribution >= 4 is 0 Å². The molecule has 134 valence electrons. The predicted octanol–water partition coefficient (Wildman–Crippen LogP) is 5.10. The average molecular weight is 342 g/mol. The maximum Gasteiger partial charge on any atom is 0.165 e. The second-order valence-electron chi connectivity index (χ2n) is 7.30. The molecule has 0 atom stereocenters. The van der Waals surface area contributed by atoms with E-state index in [1.165, 1.54) is 50.4 Å². The molecule has 0 aromatic heterocycles. The molecule has 0 N–H and O–H groups in total. The number of quaternary nitrogens is 1. The van der Waals surface area contributed by atoms with E-state index >= 15 is 0 Å². The number of hydrogen-bond acceptors (Lipinski definition) is 1. The highest BCUT2D eigenvalue weighted by molar-refractivity contribution is 5.33. The van der Waals surface area contributed by atoms with Gasteiger partial charge in [-0.3, -0.25) is 0 Å². The van der Waals surface area contributed by atoms with Gasteiger partial charge in [0.1, 0.15) is 19.7 Å². The molecule has 0 bridgehead atoms. The van der Waals surface area contributed by atoms with Gasteiger partial charge in [-0.05, 0) is 44.2 Å². The third-order valence-corrected chi connectivity index (χ3v) is 5.35. The molecule has 1 aliphatic heterocycles. The molecule has 0 radical (unpaired) electrons. The first-order valence-corrected chi connectivity index (χ1v) is 9.45. The monoisotopic (exact) mass is 342 g/mol. The van der Waals surface area contributed by atoms with Gasteiger partial charge in [0.15, 0.2) is 11.6 Å². The van der Waals surface area contributed by atoms with E-state index in [4.69, 9.17) is 4.74 Å². The minimum Gasteiger partial charge on any atom is -0.484 e. The number of nitrogens with zero attached hydrogens (tertiary/aromatic N) is 1. The molecule has 0 unspecified atom stereocenters. The van der Waals surface area contributed by atoms with Crippen molar-refractivity contribution < 1.29 is 13.6 Å². The zero-order chi connectivity index (χ0) is 17.5. The molecule has 0 aliphatic carbocycles. The number of rotatable bonds is 6. The molecule has 1 fully saturated rings. The molecule has 2 aromatic rings. The van der Waals surface area contributed by atoms with E-state index in [9.17, 15) is 4.39 Å². The highest BCUT2D eigenvalue weighted by atomic mass is 19.1. The minimum atomic E-state index is -0.259. The van der Waals surface area contributed by atoms with Crippen LogP contribution < -0.4 is 4.74 Å². The maximum absolute atomic E-state index is 14.0. The number of aryl methyl sites for hydroxylation is 1. The maximum atomic E-state index is 14.0. The second kappa shape index (κ2) is 8.48. The molecule has 0 saturated carbocycles. The van der Waals surface area contributed by atoms with Crippen LogP contribution in [0.2, 0.25) is 0 Å². The van der Waals surface area contributed by atoms with E-state index in [2.05, 4.69) is 30.3 Å². The molecule has 0 spiro atoms. The fraction of sp³-hybridized carbons (Fsp3) is 0.455. The van der Waals surface area contributed by atoms with Gasteiger partial charge in [0, 0.05) is 5.56 Å². The van der Waals surface area contributed by atoms with E-state index in [1.54, 1.807) is 6.07 Å². The van der Waals surface area contributed by atoms with Crippen LogP contribution >= 0.6 is 0 Å². The molecular formula is C22H29FNO+. The third kappa shape index (κ3) is 4.82. The molecule has 2 nitrogen and oxygen atoms in total. The Kier molecular flexibility index (Phi) is 6.09. The summed E-state index contributed by atoms with van der Waals surface area (Å²) in [6, 6.07) is 15.8. The van der Waals surface area contributed by atoms with Crippen molar-refractivity contribution in [1.82, 2.24) is 0 Å². The molecule has 3 rings (SSSR count). The lowest BCUT2D eigenvalue weighted by atomic mass is 10.1. The lowest BCUT2D eigenvalue weighted by Gasteiger charge is -2.38. The van der Waals surface area contributed by atoms with E-state index in [-0.39, 0.29) is 5.82 Å². The summed E-state index contributed by atoms with van der Waals surface area (Å²) >= 11 is 0. The predicted molar refractivity (Wildman–Crippen MR) is 100 cm³/mol. The number of hydrogen-bond donors (Lipinski definition) is 0. The van der Waals surface area contributed by atoms with Crippen molar-refractivity contribution in [3.8, 4) is 5.75 Å². The number of para-hydroxylation sites is 1. The van der Waals surface area contributed by atoms with E-state index in [0.29, 0.717) is 12.4 Å². The summed E-state index contributed by atoms with van der Waals surface area (Å²) in [7, 11) is 0. The zero-order valence-corrected chi connectivity index (χ0v) is 15.2. The molecule has 25 heavy (non-hydrogen) atoms. The fourth-order valence-electron chi connectivity index (χ4n) is 3.93. The van der Waals surface area contributed by atoms with Crippen LogP contribution in [-0.2, 0) is 6.54 Å². The Balaban J connectivity index is 1.69. The number of ether oxygens (including phenoxy) is 1. The van der Waals surface area contributed by atoms with Crippen LogP contribution in [0.4, 0.5) is 4.39 Å². The summed E-state index contributed by atoms with van der Waals surface area (Å²) in [5.74, 6) is 0.153. The number of likely N-dealkylation sites (tertiary alicyclic amines) is 1. The highest BCUT2D eigenvalue weighted by Crippen LogP contribution is 2.24. The van der Waals surface area contributed by atoms with E-state index < -0.39 is 0 Å². The van der Waals surface area contributed by atoms with Crippen LogP contribution in [0.1, 0.15) is 36.8 Å². The van der Waals surface area contributed by atoms with Crippen molar-refractivity contribution in [3.05, 3.63) is 65.5 Å². The third-order valence-electron chi connectivity index (χ3n) is 5.35. The molecule has 0 amide bonds. The first-order valence-electron chi connectivity index (χ1n) is 9.45. The van der Waals surface area contributed by atoms with Crippen LogP contribution in [-0.4, -0.2) is 30.7 Å². The average Bonchev–Trinajstić information content (AvgIpc) is 2.84. The normalized spacial score (nSPS) is 17.0. The standard InChI is InChI=1S/C22H29FNO/c1-19-10-9-13-21(23)22(19)25-17-16-24(14-7-2-3-8-15-24)18-20-11-5-4-6-12-20/h4-6,9-13H,2-3,7-8,14-18H2,1H3/q+1. The number of benzene rings is 2. The molecule has 1 aliphatic rings. The highest BCUT2D eigenvalue weighted by Gasteiger charge is 2.29. The van der Waals surface area contributed by atoms with Gasteiger partial charge in [-0.2, -0.15) is 0 Å². The van der Waals surface area contributed by atoms with Gasteiger partial charge in [0.05, 0.1) is 13.1 Å². The largest absolute Gasteiger partial charge is 0.484 e. The minimum absolute atomic E-state index is 0.259. The Morgan fingerprint density at radius 2 is 1.64 bits per heavy atom. The van der Waals surface area contributed by atoms with Crippen LogP contribution in [0.5, 0.6) is 5.75 Å². The van der Waals surface area contributed by atoms with Crippen LogP contribution in [0.3, 0.4) is 0 Å². The van der Waals surface area contributed by atoms with Gasteiger partial charge in [0.25, 0.3) is 0 Å². The molecule has 2 aromatic carbocycles. The smallest absolute Gasteiger partial charge is 0.165 e. The second-order valence-corrected chi connectivity index (χ2v) is 7.30. The summed E-state index contributed by atoms with van der Waals surface area (Å²) < 4.78 is 20.9. The topological polar surface area (TPSA) is 9.23 Å². The fourth-order valence-corrected chi connectivity index (χ4v) is 3.93. The first kappa shape index (κ1) is 17.9. The van der Waals surface area contributed by atoms with Crippen LogP contribution in [0.15, 0.2) is 48.5 Å². The van der Waals surface area contributed by atoms with Crippen molar-refractivity contribution in [2.45, 2.75) is 39.2 Å². The molecule has 3 heteroatoms. The van der Waals surface area contributed by atoms with Crippen molar-refractivity contribution in [1.29, 1.82) is 0 Å². The zero-order valence-electron chi connectivity index (χ0n) is 15.2. The molecule has 1 heterocycles. The van der Waals surface area contributed by atoms with Gasteiger partial charge in [-0.1, -0.05) is 42.5 Å². The summed E-state index contributed by atoms with van der Waals surface area (Å²) in [5, 5.41) is 0. The number of halogens is 1.